The van der Waals surface area contributed by atoms with Crippen LogP contribution in [-0.4, -0.2) is 101 Å². The van der Waals surface area contributed by atoms with Gasteiger partial charge in [0.15, 0.2) is 0 Å². The average molecular weight is 825 g/mol. The van der Waals surface area contributed by atoms with Crippen LogP contribution in [0.4, 0.5) is 0 Å². The number of hydrogen-bond donors (Lipinski definition) is 9. The molecule has 3 heterocycles. The van der Waals surface area contributed by atoms with Crippen LogP contribution in [0.25, 0.3) is 21.8 Å². The molecule has 6 rings (SSSR count). The van der Waals surface area contributed by atoms with Crippen LogP contribution in [0.5, 0.6) is 0 Å². The quantitative estimate of drug-likeness (QED) is 0.0800. The van der Waals surface area contributed by atoms with Crippen LogP contribution >= 0.6 is 0 Å². The smallest absolute Gasteiger partial charge is 0.243 e. The van der Waals surface area contributed by atoms with E-state index in [-0.39, 0.29) is 18.9 Å². The van der Waals surface area contributed by atoms with Crippen LogP contribution in [0.2, 0.25) is 0 Å². The molecule has 2 aromatic heterocycles. The second kappa shape index (κ2) is 25.1. The van der Waals surface area contributed by atoms with Crippen LogP contribution in [0, 0.1) is 13.8 Å². The Bertz CT molecular complexity index is 2150. The minimum Gasteiger partial charge on any atom is -0.368 e. The second-order valence-corrected chi connectivity index (χ2v) is 14.3. The van der Waals surface area contributed by atoms with Gasteiger partial charge in [0.05, 0.1) is 25.7 Å². The van der Waals surface area contributed by atoms with Gasteiger partial charge in [-0.2, -0.15) is 0 Å². The zero-order valence-electron chi connectivity index (χ0n) is 34.9. The molecule has 0 bridgehead atoms. The number of rotatable bonds is 14. The lowest BCUT2D eigenvalue weighted by Crippen LogP contribution is -2.55. The van der Waals surface area contributed by atoms with Gasteiger partial charge in [0.25, 0.3) is 0 Å². The zero-order chi connectivity index (χ0) is 44.0. The summed E-state index contributed by atoms with van der Waals surface area (Å²) in [5.74, 6) is -3.51. The van der Waals surface area contributed by atoms with Crippen LogP contribution in [0.1, 0.15) is 49.8 Å². The molecule has 1 aliphatic heterocycles. The Morgan fingerprint density at radius 1 is 0.783 bits per heavy atom. The number of aromatic nitrogens is 2. The molecule has 1 fully saturated rings. The van der Waals surface area contributed by atoms with E-state index in [4.69, 9.17) is 17.2 Å². The van der Waals surface area contributed by atoms with E-state index in [9.17, 15) is 28.8 Å². The van der Waals surface area contributed by atoms with Crippen LogP contribution in [-0.2, 0) is 35.2 Å². The number of para-hydroxylation sites is 2. The lowest BCUT2D eigenvalue weighted by atomic mass is 10.0. The molecule has 5 aromatic rings. The first-order chi connectivity index (χ1) is 28.7. The number of aryl methyl sites for hydroxylation is 2. The third-order valence-electron chi connectivity index (χ3n) is 9.42. The maximum atomic E-state index is 13.3. The number of unbranched alkanes of at least 4 members (excludes halogenated alkanes) is 1. The molecule has 3 unspecified atom stereocenters. The molecule has 0 aliphatic carbocycles. The molecule has 0 radical (unpaired) electrons. The molecule has 6 amide bonds. The molecule has 0 saturated carbocycles. The molecule has 60 heavy (non-hydrogen) atoms. The molecular formula is C44H60N10O6. The van der Waals surface area contributed by atoms with Crippen molar-refractivity contribution in [1.29, 1.82) is 0 Å². The van der Waals surface area contributed by atoms with Crippen molar-refractivity contribution in [1.82, 2.24) is 36.1 Å². The molecule has 0 spiro atoms. The van der Waals surface area contributed by atoms with Gasteiger partial charge in [-0.15, -0.1) is 0 Å². The minimum atomic E-state index is -1.02. The molecular weight excluding hydrogens is 765 g/mol. The predicted octanol–water partition coefficient (Wildman–Crippen LogP) is 2.19. The van der Waals surface area contributed by atoms with Crippen molar-refractivity contribution in [2.24, 2.45) is 17.2 Å². The number of H-pyrrole nitrogens is 2. The number of likely N-dealkylation sites (tertiary alicyclic amines) is 1. The fourth-order valence-electron chi connectivity index (χ4n) is 6.03. The highest BCUT2D eigenvalue weighted by atomic mass is 16.2. The summed E-state index contributed by atoms with van der Waals surface area (Å²) in [5, 5.41) is 11.7. The number of benzene rings is 3. The minimum absolute atomic E-state index is 0.211. The first-order valence-electron chi connectivity index (χ1n) is 20.0. The molecule has 3 atom stereocenters. The molecule has 16 nitrogen and oxygen atoms in total. The highest BCUT2D eigenvalue weighted by molar-refractivity contribution is 5.95. The number of primary amides is 1. The van der Waals surface area contributed by atoms with Gasteiger partial charge in [0.1, 0.15) is 12.1 Å². The fraction of sp³-hybridized carbons (Fsp3) is 0.364. The number of nitrogens with one attached hydrogen (secondary N) is 6. The van der Waals surface area contributed by atoms with Crippen molar-refractivity contribution in [2.75, 3.05) is 32.7 Å². The van der Waals surface area contributed by atoms with Gasteiger partial charge in [-0.05, 0) is 63.4 Å². The van der Waals surface area contributed by atoms with E-state index < -0.39 is 60.8 Å². The number of carbonyl (C=O) groups is 6. The Balaban J connectivity index is 0.000000348. The Labute approximate surface area is 350 Å². The standard InChI is InChI=1S/C24H32N8O6.C9H9N.C7H8.C4H11N/c1-13(22(36)30-12-21(35)29-11-20(34)28-10-19(26)33)31-23(37)18(32-7-6-16(25)24(32)38)8-14-9-27-17-5-3-2-4-15(14)17;1-7-6-10-9-5-3-2-4-8(7)9;1-7-5-3-2-4-6-7;1-2-3-4-5/h2-5,9,13,16,18,27H,6-8,10-12,25H2,1H3,(H2,26,33)(H,28,34)(H,29,35)(H,30,36)(H,31,37);2-6,10H,1H3;2-6H,1H3;2-5H2,1H3. The molecule has 12 N–H and O–H groups in total. The van der Waals surface area contributed by atoms with Gasteiger partial charge >= 0.3 is 0 Å². The number of aromatic amines is 2. The van der Waals surface area contributed by atoms with E-state index in [0.717, 1.165) is 23.0 Å². The first kappa shape index (κ1) is 47.9. The van der Waals surface area contributed by atoms with E-state index in [2.05, 4.69) is 82.3 Å². The number of nitrogens with zero attached hydrogens (tertiary/aromatic N) is 1. The molecule has 1 saturated heterocycles. The monoisotopic (exact) mass is 824 g/mol. The summed E-state index contributed by atoms with van der Waals surface area (Å²) in [4.78, 5) is 80.3. The summed E-state index contributed by atoms with van der Waals surface area (Å²) < 4.78 is 0. The lowest BCUT2D eigenvalue weighted by molar-refractivity contribution is -0.139. The largest absolute Gasteiger partial charge is 0.368 e. The van der Waals surface area contributed by atoms with E-state index >= 15 is 0 Å². The molecule has 16 heteroatoms. The Hall–Kier alpha value is -6.52. The Morgan fingerprint density at radius 3 is 1.88 bits per heavy atom. The van der Waals surface area contributed by atoms with Crippen molar-refractivity contribution in [3.8, 4) is 0 Å². The summed E-state index contributed by atoms with van der Waals surface area (Å²) >= 11 is 0. The molecule has 3 aromatic carbocycles. The summed E-state index contributed by atoms with van der Waals surface area (Å²) in [7, 11) is 0. The van der Waals surface area contributed by atoms with E-state index in [0.29, 0.717) is 13.0 Å². The van der Waals surface area contributed by atoms with Gasteiger partial charge < -0.3 is 53.3 Å². The Morgan fingerprint density at radius 2 is 1.35 bits per heavy atom. The predicted molar refractivity (Wildman–Crippen MR) is 234 cm³/mol. The number of carbonyl (C=O) groups excluding carboxylic acids is 6. The fourth-order valence-corrected chi connectivity index (χ4v) is 6.03. The SMILES string of the molecule is CC(NC(=O)C(Cc1c[nH]c2ccccc12)N1CCC(N)C1=O)C(=O)NCC(=O)NCC(=O)NCC(N)=O.CCCCN.Cc1c[nH]c2ccccc12.Cc1ccccc1. The lowest BCUT2D eigenvalue weighted by Gasteiger charge is -2.28. The maximum absolute atomic E-state index is 13.3. The van der Waals surface area contributed by atoms with Crippen LogP contribution in [0.3, 0.4) is 0 Å². The van der Waals surface area contributed by atoms with Crippen molar-refractivity contribution in [2.45, 2.75) is 71.5 Å². The zero-order valence-corrected chi connectivity index (χ0v) is 34.9. The number of fused-ring (bicyclic) bond motifs is 2. The topological polar surface area (TPSA) is 263 Å². The maximum Gasteiger partial charge on any atom is 0.243 e. The van der Waals surface area contributed by atoms with Crippen LogP contribution in [0.15, 0.2) is 91.3 Å². The second-order valence-electron chi connectivity index (χ2n) is 14.3. The van der Waals surface area contributed by atoms with Crippen molar-refractivity contribution in [3.63, 3.8) is 0 Å². The van der Waals surface area contributed by atoms with E-state index in [1.165, 1.54) is 46.7 Å². The summed E-state index contributed by atoms with van der Waals surface area (Å²) in [6.07, 6.45) is 6.83. The van der Waals surface area contributed by atoms with Crippen molar-refractivity contribution in [3.05, 3.63) is 108 Å². The van der Waals surface area contributed by atoms with Gasteiger partial charge in [-0.3, -0.25) is 28.8 Å². The van der Waals surface area contributed by atoms with Gasteiger partial charge in [-0.1, -0.05) is 85.6 Å². The highest BCUT2D eigenvalue weighted by Crippen LogP contribution is 2.23. The molecule has 322 valence electrons. The van der Waals surface area contributed by atoms with E-state index in [1.54, 1.807) is 6.20 Å². The third kappa shape index (κ3) is 15.7. The number of hydrogen-bond acceptors (Lipinski definition) is 8. The Kier molecular flexibility index (Phi) is 20.0. The summed E-state index contributed by atoms with van der Waals surface area (Å²) in [6, 6.07) is 23.5. The van der Waals surface area contributed by atoms with E-state index in [1.807, 2.05) is 54.7 Å². The third-order valence-corrected chi connectivity index (χ3v) is 9.42. The summed E-state index contributed by atoms with van der Waals surface area (Å²) in [6.45, 7) is 7.72. The average Bonchev–Trinajstić information content (AvgIpc) is 3.94. The number of amides is 6. The van der Waals surface area contributed by atoms with Gasteiger partial charge in [0, 0.05) is 47.2 Å². The van der Waals surface area contributed by atoms with Crippen molar-refractivity contribution < 1.29 is 28.8 Å². The van der Waals surface area contributed by atoms with Gasteiger partial charge in [-0.25, -0.2) is 0 Å². The number of nitrogens with two attached hydrogens (primary N) is 3. The normalized spacial score (nSPS) is 13.9. The molecule has 1 aliphatic rings. The van der Waals surface area contributed by atoms with Gasteiger partial charge in [0.2, 0.25) is 35.4 Å². The summed E-state index contributed by atoms with van der Waals surface area (Å²) in [5.41, 5.74) is 21.5. The highest BCUT2D eigenvalue weighted by Gasteiger charge is 2.38. The first-order valence-corrected chi connectivity index (χ1v) is 20.0. The van der Waals surface area contributed by atoms with Crippen molar-refractivity contribution >= 4 is 57.2 Å². The van der Waals surface area contributed by atoms with Crippen LogP contribution < -0.4 is 38.5 Å².